The molecule has 2 aromatic rings. The molecule has 2 rings (SSSR count). The molecule has 0 bridgehead atoms. The van der Waals surface area contributed by atoms with E-state index in [2.05, 4.69) is 9.71 Å². The Morgan fingerprint density at radius 3 is 2.53 bits per heavy atom. The molecule has 1 aromatic carbocycles. The Bertz CT molecular complexity index is 697. The lowest BCUT2D eigenvalue weighted by Crippen LogP contribution is -2.15. The minimum Gasteiger partial charge on any atom is -0.278 e. The summed E-state index contributed by atoms with van der Waals surface area (Å²) in [5, 5.41) is 0.239. The molecule has 0 fully saturated rings. The summed E-state index contributed by atoms with van der Waals surface area (Å²) in [6, 6.07) is 7.99. The van der Waals surface area contributed by atoms with E-state index in [0.717, 1.165) is 5.56 Å². The number of para-hydroxylation sites is 1. The molecule has 0 atom stereocenters. The molecule has 0 aliphatic heterocycles. The minimum atomic E-state index is -3.82. The van der Waals surface area contributed by atoms with Crippen LogP contribution in [0.4, 0.5) is 5.69 Å². The van der Waals surface area contributed by atoms with Crippen LogP contribution in [-0.2, 0) is 10.0 Å². The fourth-order valence-electron chi connectivity index (χ4n) is 1.52. The summed E-state index contributed by atoms with van der Waals surface area (Å²) in [5.74, 6) is 0. The molecule has 100 valence electrons. The molecular weight excluding hydrogens is 307 g/mol. The number of rotatable bonds is 3. The third-order valence-electron chi connectivity index (χ3n) is 2.47. The lowest BCUT2D eigenvalue weighted by Gasteiger charge is -2.12. The standard InChI is InChI=1S/C12H10Cl2N2O2S/c1-8-4-2-5-9(13)11(8)16-19(17,18)10-6-3-7-15-12(10)14/h2-7,16H,1H3. The molecular formula is C12H10Cl2N2O2S. The summed E-state index contributed by atoms with van der Waals surface area (Å²) in [5.41, 5.74) is 1.06. The molecule has 0 aliphatic rings. The summed E-state index contributed by atoms with van der Waals surface area (Å²) in [7, 11) is -3.82. The summed E-state index contributed by atoms with van der Waals surface area (Å²) < 4.78 is 26.9. The molecule has 1 aromatic heterocycles. The van der Waals surface area contributed by atoms with Crippen molar-refractivity contribution in [1.29, 1.82) is 0 Å². The number of halogens is 2. The molecule has 7 heteroatoms. The Morgan fingerprint density at radius 2 is 1.89 bits per heavy atom. The van der Waals surface area contributed by atoms with Crippen LogP contribution in [0.3, 0.4) is 0 Å². The summed E-state index contributed by atoms with van der Waals surface area (Å²) in [6.07, 6.45) is 1.42. The molecule has 1 N–H and O–H groups in total. The van der Waals surface area contributed by atoms with Crippen molar-refractivity contribution in [3.05, 3.63) is 52.3 Å². The zero-order chi connectivity index (χ0) is 14.0. The Hall–Kier alpha value is -1.30. The molecule has 0 saturated heterocycles. The van der Waals surface area contributed by atoms with Crippen molar-refractivity contribution < 1.29 is 8.42 Å². The van der Waals surface area contributed by atoms with Crippen LogP contribution in [0, 0.1) is 6.92 Å². The van der Waals surface area contributed by atoms with Gasteiger partial charge in [0.05, 0.1) is 10.7 Å². The van der Waals surface area contributed by atoms with Crippen LogP contribution < -0.4 is 4.72 Å². The number of aromatic nitrogens is 1. The maximum absolute atomic E-state index is 12.2. The van der Waals surface area contributed by atoms with Gasteiger partial charge in [0.2, 0.25) is 0 Å². The number of pyridine rings is 1. The van der Waals surface area contributed by atoms with Crippen LogP contribution in [-0.4, -0.2) is 13.4 Å². The van der Waals surface area contributed by atoms with E-state index in [-0.39, 0.29) is 10.0 Å². The summed E-state index contributed by atoms with van der Waals surface area (Å²) in [6.45, 7) is 1.76. The first-order valence-electron chi connectivity index (χ1n) is 5.30. The highest BCUT2D eigenvalue weighted by molar-refractivity contribution is 7.92. The Morgan fingerprint density at radius 1 is 1.16 bits per heavy atom. The van der Waals surface area contributed by atoms with E-state index < -0.39 is 10.0 Å². The van der Waals surface area contributed by atoms with Gasteiger partial charge in [0.15, 0.2) is 0 Å². The second kappa shape index (κ2) is 5.36. The number of nitrogens with zero attached hydrogens (tertiary/aromatic N) is 1. The topological polar surface area (TPSA) is 59.1 Å². The molecule has 0 aliphatic carbocycles. The maximum atomic E-state index is 12.2. The Labute approximate surface area is 121 Å². The van der Waals surface area contributed by atoms with Gasteiger partial charge in [-0.3, -0.25) is 4.72 Å². The number of sulfonamides is 1. The average molecular weight is 317 g/mol. The normalized spacial score (nSPS) is 11.3. The van der Waals surface area contributed by atoms with Gasteiger partial charge in [-0.1, -0.05) is 35.3 Å². The van der Waals surface area contributed by atoms with E-state index in [1.54, 1.807) is 25.1 Å². The van der Waals surface area contributed by atoms with Crippen molar-refractivity contribution in [2.75, 3.05) is 4.72 Å². The highest BCUT2D eigenvalue weighted by Crippen LogP contribution is 2.29. The predicted octanol–water partition coefficient (Wildman–Crippen LogP) is 3.50. The highest BCUT2D eigenvalue weighted by atomic mass is 35.5. The first kappa shape index (κ1) is 14.1. The van der Waals surface area contributed by atoms with Crippen LogP contribution in [0.1, 0.15) is 5.56 Å². The van der Waals surface area contributed by atoms with Gasteiger partial charge in [0.1, 0.15) is 10.0 Å². The average Bonchev–Trinajstić information content (AvgIpc) is 2.34. The van der Waals surface area contributed by atoms with Gasteiger partial charge in [-0.25, -0.2) is 13.4 Å². The van der Waals surface area contributed by atoms with E-state index in [1.165, 1.54) is 18.3 Å². The Balaban J connectivity index is 2.46. The first-order chi connectivity index (χ1) is 8.92. The van der Waals surface area contributed by atoms with Crippen LogP contribution in [0.15, 0.2) is 41.4 Å². The molecule has 0 radical (unpaired) electrons. The van der Waals surface area contributed by atoms with Crippen molar-refractivity contribution in [1.82, 2.24) is 4.98 Å². The fourth-order valence-corrected chi connectivity index (χ4v) is 3.45. The number of hydrogen-bond donors (Lipinski definition) is 1. The van der Waals surface area contributed by atoms with Gasteiger partial charge in [0, 0.05) is 6.20 Å². The first-order valence-corrected chi connectivity index (χ1v) is 7.54. The fraction of sp³-hybridized carbons (Fsp3) is 0.0833. The zero-order valence-corrected chi connectivity index (χ0v) is 12.2. The van der Waals surface area contributed by atoms with E-state index in [0.29, 0.717) is 10.7 Å². The predicted molar refractivity (Wildman–Crippen MR) is 76.2 cm³/mol. The van der Waals surface area contributed by atoms with Gasteiger partial charge in [-0.05, 0) is 30.7 Å². The maximum Gasteiger partial charge on any atom is 0.265 e. The van der Waals surface area contributed by atoms with Crippen molar-refractivity contribution in [2.24, 2.45) is 0 Å². The van der Waals surface area contributed by atoms with E-state index in [9.17, 15) is 8.42 Å². The van der Waals surface area contributed by atoms with Gasteiger partial charge in [-0.2, -0.15) is 0 Å². The highest BCUT2D eigenvalue weighted by Gasteiger charge is 2.20. The monoisotopic (exact) mass is 316 g/mol. The number of hydrogen-bond acceptors (Lipinski definition) is 3. The number of aryl methyl sites for hydroxylation is 1. The minimum absolute atomic E-state index is 0.0836. The van der Waals surface area contributed by atoms with E-state index in [1.807, 2.05) is 0 Å². The van der Waals surface area contributed by atoms with E-state index >= 15 is 0 Å². The van der Waals surface area contributed by atoms with Gasteiger partial charge >= 0.3 is 0 Å². The quantitative estimate of drug-likeness (QED) is 0.882. The lowest BCUT2D eigenvalue weighted by atomic mass is 10.2. The van der Waals surface area contributed by atoms with Crippen molar-refractivity contribution in [2.45, 2.75) is 11.8 Å². The molecule has 0 amide bonds. The lowest BCUT2D eigenvalue weighted by molar-refractivity contribution is 0.601. The Kier molecular flexibility index (Phi) is 3.99. The van der Waals surface area contributed by atoms with Crippen molar-refractivity contribution >= 4 is 38.9 Å². The third kappa shape index (κ3) is 3.00. The van der Waals surface area contributed by atoms with Crippen LogP contribution in [0.5, 0.6) is 0 Å². The van der Waals surface area contributed by atoms with Crippen molar-refractivity contribution in [3.8, 4) is 0 Å². The van der Waals surface area contributed by atoms with Gasteiger partial charge in [-0.15, -0.1) is 0 Å². The molecule has 0 spiro atoms. The largest absolute Gasteiger partial charge is 0.278 e. The third-order valence-corrected chi connectivity index (χ3v) is 4.58. The number of nitrogens with one attached hydrogen (secondary N) is 1. The molecule has 19 heavy (non-hydrogen) atoms. The molecule has 1 heterocycles. The molecule has 0 unspecified atom stereocenters. The van der Waals surface area contributed by atoms with Gasteiger partial charge in [0.25, 0.3) is 10.0 Å². The van der Waals surface area contributed by atoms with Crippen LogP contribution in [0.2, 0.25) is 10.2 Å². The smallest absolute Gasteiger partial charge is 0.265 e. The number of anilines is 1. The van der Waals surface area contributed by atoms with E-state index in [4.69, 9.17) is 23.2 Å². The van der Waals surface area contributed by atoms with Gasteiger partial charge < -0.3 is 0 Å². The molecule has 0 saturated carbocycles. The zero-order valence-electron chi connectivity index (χ0n) is 9.89. The molecule has 4 nitrogen and oxygen atoms in total. The second-order valence-corrected chi connectivity index (χ2v) is 6.25. The second-order valence-electron chi connectivity index (χ2n) is 3.83. The van der Waals surface area contributed by atoms with Crippen molar-refractivity contribution in [3.63, 3.8) is 0 Å². The number of benzene rings is 1. The summed E-state index contributed by atoms with van der Waals surface area (Å²) in [4.78, 5) is 3.66. The van der Waals surface area contributed by atoms with Crippen LogP contribution >= 0.6 is 23.2 Å². The van der Waals surface area contributed by atoms with Crippen LogP contribution in [0.25, 0.3) is 0 Å². The summed E-state index contributed by atoms with van der Waals surface area (Å²) >= 11 is 11.8. The SMILES string of the molecule is Cc1cccc(Cl)c1NS(=O)(=O)c1cccnc1Cl.